The number of ether oxygens (including phenoxy) is 3. The van der Waals surface area contributed by atoms with E-state index in [-0.39, 0.29) is 24.4 Å². The average molecular weight is 521 g/mol. The Hall–Kier alpha value is -3.52. The number of carbonyl (C=O) groups is 2. The fourth-order valence-corrected chi connectivity index (χ4v) is 5.69. The van der Waals surface area contributed by atoms with Crippen molar-refractivity contribution in [2.45, 2.75) is 25.3 Å². The van der Waals surface area contributed by atoms with E-state index in [0.29, 0.717) is 42.7 Å². The number of thiophene rings is 1. The van der Waals surface area contributed by atoms with Crippen molar-refractivity contribution in [2.24, 2.45) is 5.92 Å². The second-order valence-corrected chi connectivity index (χ2v) is 10.5. The molecule has 2 aromatic carbocycles. The lowest BCUT2D eigenvalue weighted by molar-refractivity contribution is -0.135. The van der Waals surface area contributed by atoms with E-state index in [1.807, 2.05) is 35.2 Å². The smallest absolute Gasteiger partial charge is 0.254 e. The zero-order chi connectivity index (χ0) is 25.8. The number of rotatable bonds is 10. The van der Waals surface area contributed by atoms with Crippen molar-refractivity contribution < 1.29 is 23.8 Å². The quantitative estimate of drug-likeness (QED) is 0.383. The van der Waals surface area contributed by atoms with Gasteiger partial charge in [0, 0.05) is 29.6 Å². The Morgan fingerprint density at radius 1 is 1.00 bits per heavy atom. The highest BCUT2D eigenvalue weighted by Gasteiger charge is 2.35. The standard InChI is InChI=1S/C29H32N2O5S/c1-34-22-6-3-5-21(15-22)29(33)30(17-20-9-10-20)18-28(32)31-13-11-27-25(12-14-37-27)26(31)19-36-24-8-4-7-23(16-24)35-2/h3-8,12,14-16,20,26H,9-11,13,17-19H2,1-2H3. The maximum Gasteiger partial charge on any atom is 0.254 e. The maximum absolute atomic E-state index is 13.8. The van der Waals surface area contributed by atoms with Gasteiger partial charge in [0.2, 0.25) is 5.91 Å². The fraction of sp³-hybridized carbons (Fsp3) is 0.379. The van der Waals surface area contributed by atoms with Gasteiger partial charge in [-0.15, -0.1) is 11.3 Å². The number of benzene rings is 2. The molecule has 8 heteroatoms. The van der Waals surface area contributed by atoms with Crippen LogP contribution < -0.4 is 14.2 Å². The highest BCUT2D eigenvalue weighted by Crippen LogP contribution is 2.35. The van der Waals surface area contributed by atoms with Crippen LogP contribution in [0.1, 0.15) is 39.7 Å². The van der Waals surface area contributed by atoms with Crippen LogP contribution in [0.3, 0.4) is 0 Å². The minimum absolute atomic E-state index is 0.0433. The van der Waals surface area contributed by atoms with E-state index in [1.165, 1.54) is 4.88 Å². The molecule has 194 valence electrons. The van der Waals surface area contributed by atoms with Crippen molar-refractivity contribution in [3.63, 3.8) is 0 Å². The molecule has 2 heterocycles. The van der Waals surface area contributed by atoms with Gasteiger partial charge in [-0.3, -0.25) is 9.59 Å². The average Bonchev–Trinajstić information content (AvgIpc) is 3.63. The summed E-state index contributed by atoms with van der Waals surface area (Å²) in [7, 11) is 3.20. The molecule has 3 aromatic rings. The Labute approximate surface area is 221 Å². The minimum atomic E-state index is -0.219. The molecule has 2 amide bonds. The third kappa shape index (κ3) is 5.91. The normalized spacial score (nSPS) is 16.6. The van der Waals surface area contributed by atoms with Crippen molar-refractivity contribution in [3.8, 4) is 17.2 Å². The Balaban J connectivity index is 1.34. The lowest BCUT2D eigenvalue weighted by atomic mass is 10.00. The molecule has 1 aliphatic heterocycles. The molecule has 1 fully saturated rings. The van der Waals surface area contributed by atoms with E-state index < -0.39 is 0 Å². The second-order valence-electron chi connectivity index (χ2n) is 9.50. The molecule has 0 saturated heterocycles. The molecule has 1 unspecified atom stereocenters. The number of hydrogen-bond acceptors (Lipinski definition) is 6. The summed E-state index contributed by atoms with van der Waals surface area (Å²) in [5.41, 5.74) is 1.66. The van der Waals surface area contributed by atoms with Gasteiger partial charge >= 0.3 is 0 Å². The monoisotopic (exact) mass is 520 g/mol. The SMILES string of the molecule is COc1cccc(OCC2c3ccsc3CCN2C(=O)CN(CC2CC2)C(=O)c2cccc(OC)c2)c1. The summed E-state index contributed by atoms with van der Waals surface area (Å²) in [5, 5.41) is 2.07. The molecule has 5 rings (SSSR count). The Morgan fingerprint density at radius 2 is 1.73 bits per heavy atom. The molecule has 0 radical (unpaired) electrons. The van der Waals surface area contributed by atoms with Crippen LogP contribution in [0.4, 0.5) is 0 Å². The lowest BCUT2D eigenvalue weighted by Crippen LogP contribution is -2.48. The number of fused-ring (bicyclic) bond motifs is 1. The number of nitrogens with zero attached hydrogens (tertiary/aromatic N) is 2. The first-order chi connectivity index (χ1) is 18.1. The summed E-state index contributed by atoms with van der Waals surface area (Å²) in [6.45, 7) is 1.56. The van der Waals surface area contributed by atoms with Crippen LogP contribution in [0, 0.1) is 5.92 Å². The Bertz CT molecular complexity index is 1250. The first-order valence-corrected chi connectivity index (χ1v) is 13.5. The predicted molar refractivity (Wildman–Crippen MR) is 143 cm³/mol. The van der Waals surface area contributed by atoms with Crippen molar-refractivity contribution in [1.82, 2.24) is 9.80 Å². The van der Waals surface area contributed by atoms with Gasteiger partial charge < -0.3 is 24.0 Å². The molecule has 1 atom stereocenters. The van der Waals surface area contributed by atoms with Crippen LogP contribution in [0.15, 0.2) is 60.0 Å². The predicted octanol–water partition coefficient (Wildman–Crippen LogP) is 4.82. The third-order valence-corrected chi connectivity index (χ3v) is 7.97. The van der Waals surface area contributed by atoms with Gasteiger partial charge in [-0.05, 0) is 72.5 Å². The van der Waals surface area contributed by atoms with Crippen molar-refractivity contribution in [3.05, 3.63) is 76.0 Å². The van der Waals surface area contributed by atoms with E-state index >= 15 is 0 Å². The first kappa shape index (κ1) is 25.1. The molecule has 0 bridgehead atoms. The zero-order valence-corrected chi connectivity index (χ0v) is 22.0. The molecule has 1 saturated carbocycles. The van der Waals surface area contributed by atoms with Gasteiger partial charge in [-0.1, -0.05) is 12.1 Å². The van der Waals surface area contributed by atoms with Crippen LogP contribution in [-0.2, 0) is 11.2 Å². The third-order valence-electron chi connectivity index (χ3n) is 6.97. The molecular weight excluding hydrogens is 488 g/mol. The molecule has 7 nitrogen and oxygen atoms in total. The summed E-state index contributed by atoms with van der Waals surface area (Å²) >= 11 is 1.72. The molecule has 0 N–H and O–H groups in total. The summed E-state index contributed by atoms with van der Waals surface area (Å²) in [6, 6.07) is 16.5. The number of amides is 2. The van der Waals surface area contributed by atoms with E-state index in [0.717, 1.165) is 30.6 Å². The summed E-state index contributed by atoms with van der Waals surface area (Å²) < 4.78 is 16.8. The summed E-state index contributed by atoms with van der Waals surface area (Å²) in [5.74, 6) is 2.29. The van der Waals surface area contributed by atoms with Crippen LogP contribution in [0.2, 0.25) is 0 Å². The van der Waals surface area contributed by atoms with Crippen LogP contribution in [-0.4, -0.2) is 62.1 Å². The molecule has 2 aliphatic rings. The van der Waals surface area contributed by atoms with Gasteiger partial charge in [0.1, 0.15) is 30.4 Å². The van der Waals surface area contributed by atoms with Gasteiger partial charge in [0.15, 0.2) is 0 Å². The lowest BCUT2D eigenvalue weighted by Gasteiger charge is -2.37. The largest absolute Gasteiger partial charge is 0.497 e. The maximum atomic E-state index is 13.8. The minimum Gasteiger partial charge on any atom is -0.497 e. The fourth-order valence-electron chi connectivity index (χ4n) is 4.76. The highest BCUT2D eigenvalue weighted by atomic mass is 32.1. The summed E-state index contributed by atoms with van der Waals surface area (Å²) in [6.07, 6.45) is 2.99. The van der Waals surface area contributed by atoms with Crippen LogP contribution in [0.25, 0.3) is 0 Å². The van der Waals surface area contributed by atoms with E-state index in [1.54, 1.807) is 48.7 Å². The zero-order valence-electron chi connectivity index (χ0n) is 21.2. The Morgan fingerprint density at radius 3 is 2.49 bits per heavy atom. The number of carbonyl (C=O) groups excluding carboxylic acids is 2. The van der Waals surface area contributed by atoms with E-state index in [2.05, 4.69) is 11.4 Å². The molecular formula is C29H32N2O5S. The van der Waals surface area contributed by atoms with Crippen LogP contribution >= 0.6 is 11.3 Å². The Kier molecular flexibility index (Phi) is 7.65. The van der Waals surface area contributed by atoms with Crippen LogP contribution in [0.5, 0.6) is 17.2 Å². The van der Waals surface area contributed by atoms with Crippen molar-refractivity contribution in [2.75, 3.05) is 40.5 Å². The molecule has 0 spiro atoms. The number of methoxy groups -OCH3 is 2. The molecule has 1 aromatic heterocycles. The molecule has 37 heavy (non-hydrogen) atoms. The molecule has 1 aliphatic carbocycles. The van der Waals surface area contributed by atoms with Gasteiger partial charge in [0.25, 0.3) is 5.91 Å². The van der Waals surface area contributed by atoms with Gasteiger partial charge in [-0.2, -0.15) is 0 Å². The summed E-state index contributed by atoms with van der Waals surface area (Å²) in [4.78, 5) is 32.1. The highest BCUT2D eigenvalue weighted by molar-refractivity contribution is 7.10. The van der Waals surface area contributed by atoms with Gasteiger partial charge in [-0.25, -0.2) is 0 Å². The van der Waals surface area contributed by atoms with Gasteiger partial charge in [0.05, 0.1) is 20.3 Å². The first-order valence-electron chi connectivity index (χ1n) is 12.6. The second kappa shape index (κ2) is 11.3. The van der Waals surface area contributed by atoms with E-state index in [9.17, 15) is 9.59 Å². The van der Waals surface area contributed by atoms with Crippen molar-refractivity contribution >= 4 is 23.2 Å². The number of hydrogen-bond donors (Lipinski definition) is 0. The van der Waals surface area contributed by atoms with Crippen molar-refractivity contribution in [1.29, 1.82) is 0 Å². The van der Waals surface area contributed by atoms with E-state index in [4.69, 9.17) is 14.2 Å². The topological polar surface area (TPSA) is 68.3 Å².